The number of anilines is 2. The van der Waals surface area contributed by atoms with Gasteiger partial charge in [-0.1, -0.05) is 29.8 Å². The van der Waals surface area contributed by atoms with Crippen molar-refractivity contribution in [2.75, 3.05) is 17.2 Å². The second-order valence-corrected chi connectivity index (χ2v) is 7.49. The summed E-state index contributed by atoms with van der Waals surface area (Å²) in [5.74, 6) is -0.0600. The molecular weight excluding hydrogens is 444 g/mol. The number of para-hydroxylation sites is 1. The van der Waals surface area contributed by atoms with E-state index in [0.717, 1.165) is 0 Å². The average molecular weight is 467 g/mol. The lowest BCUT2D eigenvalue weighted by molar-refractivity contribution is -0.131. The maximum absolute atomic E-state index is 12.4. The monoisotopic (exact) mass is 466 g/mol. The first kappa shape index (κ1) is 23.8. The Labute approximate surface area is 196 Å². The third-order valence-electron chi connectivity index (χ3n) is 4.43. The highest BCUT2D eigenvalue weighted by molar-refractivity contribution is 6.32. The number of benzene rings is 3. The van der Waals surface area contributed by atoms with Crippen molar-refractivity contribution in [3.8, 4) is 11.5 Å². The quantitative estimate of drug-likeness (QED) is 0.253. The van der Waals surface area contributed by atoms with Crippen molar-refractivity contribution >= 4 is 40.8 Å². The Balaban J connectivity index is 1.45. The minimum Gasteiger partial charge on any atom is -0.492 e. The molecule has 0 aromatic heterocycles. The van der Waals surface area contributed by atoms with E-state index in [1.165, 1.54) is 13.0 Å². The van der Waals surface area contributed by atoms with Crippen LogP contribution < -0.4 is 20.1 Å². The Bertz CT molecular complexity index is 1130. The van der Waals surface area contributed by atoms with Gasteiger partial charge < -0.3 is 20.1 Å². The highest BCUT2D eigenvalue weighted by Gasteiger charge is 2.09. The van der Waals surface area contributed by atoms with Crippen molar-refractivity contribution < 1.29 is 23.9 Å². The number of carbonyl (C=O) groups excluding carboxylic acids is 3. The second-order valence-electron chi connectivity index (χ2n) is 7.08. The molecule has 3 aromatic rings. The lowest BCUT2D eigenvalue weighted by Crippen LogP contribution is -2.14. The van der Waals surface area contributed by atoms with E-state index in [9.17, 15) is 14.4 Å². The fraction of sp³-hybridized carbons (Fsp3) is 0.160. The van der Waals surface area contributed by atoms with Crippen molar-refractivity contribution in [3.05, 3.63) is 83.4 Å². The molecule has 0 atom stereocenters. The molecule has 3 aromatic carbocycles. The normalized spacial score (nSPS) is 10.2. The molecule has 3 rings (SSSR count). The van der Waals surface area contributed by atoms with Crippen LogP contribution >= 0.6 is 11.6 Å². The Kier molecular flexibility index (Phi) is 8.43. The van der Waals surface area contributed by atoms with Gasteiger partial charge in [-0.3, -0.25) is 14.4 Å². The number of hydrogen-bond acceptors (Lipinski definition) is 5. The fourth-order valence-electron chi connectivity index (χ4n) is 2.91. The van der Waals surface area contributed by atoms with Gasteiger partial charge in [-0.2, -0.15) is 0 Å². The summed E-state index contributed by atoms with van der Waals surface area (Å²) in [4.78, 5) is 35.7. The minimum absolute atomic E-state index is 0.142. The standard InChI is InChI=1S/C25H23ClN2O5/c1-17(29)33-21-7-4-6-18(16-21)25(31)28-20-13-11-19(12-14-20)27-24(30)10-5-15-32-23-9-3-2-8-22(23)26/h2-4,6-9,11-14,16H,5,10,15H2,1H3,(H,27,30)(H,28,31). The third-order valence-corrected chi connectivity index (χ3v) is 4.74. The smallest absolute Gasteiger partial charge is 0.308 e. The average Bonchev–Trinajstić information content (AvgIpc) is 2.79. The second kappa shape index (κ2) is 11.7. The van der Waals surface area contributed by atoms with Crippen LogP contribution in [0.1, 0.15) is 30.1 Å². The first-order chi connectivity index (χ1) is 15.9. The minimum atomic E-state index is -0.460. The summed E-state index contributed by atoms with van der Waals surface area (Å²) in [6, 6.07) is 20.3. The molecular formula is C25H23ClN2O5. The van der Waals surface area contributed by atoms with Crippen LogP contribution in [-0.4, -0.2) is 24.4 Å². The van der Waals surface area contributed by atoms with Crippen LogP contribution in [0.3, 0.4) is 0 Å². The van der Waals surface area contributed by atoms with Crippen LogP contribution in [0.15, 0.2) is 72.8 Å². The summed E-state index contributed by atoms with van der Waals surface area (Å²) in [5, 5.41) is 6.10. The van der Waals surface area contributed by atoms with Gasteiger partial charge in [-0.15, -0.1) is 0 Å². The van der Waals surface area contributed by atoms with Crippen molar-refractivity contribution in [3.63, 3.8) is 0 Å². The predicted octanol–water partition coefficient (Wildman–Crippen LogP) is 5.32. The Hall–Kier alpha value is -3.84. The maximum Gasteiger partial charge on any atom is 0.308 e. The Morgan fingerprint density at radius 3 is 2.27 bits per heavy atom. The molecule has 7 nitrogen and oxygen atoms in total. The van der Waals surface area contributed by atoms with E-state index < -0.39 is 5.97 Å². The van der Waals surface area contributed by atoms with Crippen molar-refractivity contribution in [1.29, 1.82) is 0 Å². The van der Waals surface area contributed by atoms with E-state index >= 15 is 0 Å². The zero-order valence-corrected chi connectivity index (χ0v) is 18.7. The molecule has 8 heteroatoms. The first-order valence-electron chi connectivity index (χ1n) is 10.3. The molecule has 0 aliphatic rings. The van der Waals surface area contributed by atoms with Gasteiger partial charge in [0.05, 0.1) is 11.6 Å². The number of ether oxygens (including phenoxy) is 2. The van der Waals surface area contributed by atoms with Crippen LogP contribution in [0.2, 0.25) is 5.02 Å². The Morgan fingerprint density at radius 2 is 1.58 bits per heavy atom. The lowest BCUT2D eigenvalue weighted by Gasteiger charge is -2.10. The molecule has 0 bridgehead atoms. The number of esters is 1. The van der Waals surface area contributed by atoms with Gasteiger partial charge in [-0.25, -0.2) is 0 Å². The van der Waals surface area contributed by atoms with Crippen molar-refractivity contribution in [2.45, 2.75) is 19.8 Å². The summed E-state index contributed by atoms with van der Waals surface area (Å²) in [6.07, 6.45) is 0.833. The van der Waals surface area contributed by atoms with Crippen LogP contribution in [0, 0.1) is 0 Å². The van der Waals surface area contributed by atoms with Gasteiger partial charge in [0.15, 0.2) is 0 Å². The van der Waals surface area contributed by atoms with E-state index in [4.69, 9.17) is 21.1 Å². The summed E-state index contributed by atoms with van der Waals surface area (Å²) < 4.78 is 10.6. The van der Waals surface area contributed by atoms with E-state index in [0.29, 0.717) is 52.9 Å². The summed E-state index contributed by atoms with van der Waals surface area (Å²) in [7, 11) is 0. The molecule has 2 N–H and O–H groups in total. The molecule has 0 radical (unpaired) electrons. The predicted molar refractivity (Wildman–Crippen MR) is 127 cm³/mol. The van der Waals surface area contributed by atoms with Gasteiger partial charge >= 0.3 is 5.97 Å². The zero-order chi connectivity index (χ0) is 23.6. The van der Waals surface area contributed by atoms with Crippen LogP contribution in [0.4, 0.5) is 11.4 Å². The molecule has 0 aliphatic heterocycles. The van der Waals surface area contributed by atoms with Crippen molar-refractivity contribution in [1.82, 2.24) is 0 Å². The number of amides is 2. The molecule has 33 heavy (non-hydrogen) atoms. The molecule has 170 valence electrons. The summed E-state index contributed by atoms with van der Waals surface area (Å²) in [6.45, 7) is 1.67. The molecule has 0 saturated carbocycles. The zero-order valence-electron chi connectivity index (χ0n) is 18.0. The lowest BCUT2D eigenvalue weighted by atomic mass is 10.2. The maximum atomic E-state index is 12.4. The molecule has 0 aliphatic carbocycles. The van der Waals surface area contributed by atoms with Gasteiger partial charge in [0, 0.05) is 30.3 Å². The van der Waals surface area contributed by atoms with E-state index in [-0.39, 0.29) is 11.8 Å². The Morgan fingerprint density at radius 1 is 0.879 bits per heavy atom. The molecule has 0 spiro atoms. The molecule has 0 heterocycles. The van der Waals surface area contributed by atoms with Crippen LogP contribution in [-0.2, 0) is 9.59 Å². The number of rotatable bonds is 9. The highest BCUT2D eigenvalue weighted by atomic mass is 35.5. The van der Waals surface area contributed by atoms with Gasteiger partial charge in [0.25, 0.3) is 5.91 Å². The van der Waals surface area contributed by atoms with E-state index in [1.807, 2.05) is 12.1 Å². The molecule has 0 unspecified atom stereocenters. The van der Waals surface area contributed by atoms with Gasteiger partial charge in [0.1, 0.15) is 11.5 Å². The third kappa shape index (κ3) is 7.66. The fourth-order valence-corrected chi connectivity index (χ4v) is 3.10. The van der Waals surface area contributed by atoms with Crippen LogP contribution in [0.25, 0.3) is 0 Å². The van der Waals surface area contributed by atoms with Crippen LogP contribution in [0.5, 0.6) is 11.5 Å². The highest BCUT2D eigenvalue weighted by Crippen LogP contribution is 2.23. The van der Waals surface area contributed by atoms with Gasteiger partial charge in [0.2, 0.25) is 5.91 Å². The largest absolute Gasteiger partial charge is 0.492 e. The first-order valence-corrected chi connectivity index (χ1v) is 10.7. The SMILES string of the molecule is CC(=O)Oc1cccc(C(=O)Nc2ccc(NC(=O)CCCOc3ccccc3Cl)cc2)c1. The summed E-state index contributed by atoms with van der Waals surface area (Å²) >= 11 is 6.03. The topological polar surface area (TPSA) is 93.7 Å². The number of halogens is 1. The molecule has 2 amide bonds. The molecule has 0 fully saturated rings. The number of carbonyl (C=O) groups is 3. The van der Waals surface area contributed by atoms with Crippen molar-refractivity contribution in [2.24, 2.45) is 0 Å². The van der Waals surface area contributed by atoms with Gasteiger partial charge in [-0.05, 0) is 61.0 Å². The van der Waals surface area contributed by atoms with E-state index in [2.05, 4.69) is 10.6 Å². The molecule has 0 saturated heterocycles. The number of hydrogen-bond donors (Lipinski definition) is 2. The number of nitrogens with one attached hydrogen (secondary N) is 2. The summed E-state index contributed by atoms with van der Waals surface area (Å²) in [5.41, 5.74) is 1.52. The van der Waals surface area contributed by atoms with E-state index in [1.54, 1.807) is 54.6 Å².